The Bertz CT molecular complexity index is 746. The fourth-order valence-electron chi connectivity index (χ4n) is 1.75. The van der Waals surface area contributed by atoms with Crippen LogP contribution < -0.4 is 5.43 Å². The highest BCUT2D eigenvalue weighted by molar-refractivity contribution is 7.15. The molecular formula is C15H12ClN3S2. The van der Waals surface area contributed by atoms with Gasteiger partial charge in [-0.1, -0.05) is 29.8 Å². The number of anilines is 1. The zero-order valence-electron chi connectivity index (χ0n) is 11.2. The number of halogens is 1. The highest BCUT2D eigenvalue weighted by atomic mass is 35.5. The predicted octanol–water partition coefficient (Wildman–Crippen LogP) is 5.36. The minimum absolute atomic E-state index is 0.722. The van der Waals surface area contributed by atoms with Gasteiger partial charge in [-0.15, -0.1) is 22.7 Å². The SMILES string of the molecule is C/C(=N/Nc1nc(-c2cccs2)cs1)c1ccc(Cl)cc1. The fourth-order valence-corrected chi connectivity index (χ4v) is 3.29. The molecule has 3 nitrogen and oxygen atoms in total. The van der Waals surface area contributed by atoms with Crippen LogP contribution in [0.2, 0.25) is 5.02 Å². The van der Waals surface area contributed by atoms with Crippen LogP contribution in [0, 0.1) is 0 Å². The van der Waals surface area contributed by atoms with Crippen molar-refractivity contribution in [3.05, 3.63) is 57.7 Å². The molecule has 106 valence electrons. The maximum absolute atomic E-state index is 5.88. The van der Waals surface area contributed by atoms with Crippen LogP contribution in [0.4, 0.5) is 5.13 Å². The fraction of sp³-hybridized carbons (Fsp3) is 0.0667. The molecule has 0 spiro atoms. The second-order valence-corrected chi connectivity index (χ2v) is 6.57. The molecule has 21 heavy (non-hydrogen) atoms. The van der Waals surface area contributed by atoms with Gasteiger partial charge in [0, 0.05) is 10.4 Å². The van der Waals surface area contributed by atoms with E-state index in [2.05, 4.69) is 21.6 Å². The number of nitrogens with one attached hydrogen (secondary N) is 1. The largest absolute Gasteiger partial charge is 0.252 e. The van der Waals surface area contributed by atoms with Gasteiger partial charge in [0.15, 0.2) is 0 Å². The molecule has 0 radical (unpaired) electrons. The molecule has 0 bridgehead atoms. The molecule has 0 aliphatic heterocycles. The lowest BCUT2D eigenvalue weighted by molar-refractivity contribution is 1.27. The number of hydrogen-bond donors (Lipinski definition) is 1. The molecule has 0 unspecified atom stereocenters. The van der Waals surface area contributed by atoms with Crippen molar-refractivity contribution >= 4 is 45.1 Å². The first kappa shape index (κ1) is 14.3. The highest BCUT2D eigenvalue weighted by Crippen LogP contribution is 2.28. The third-order valence-corrected chi connectivity index (χ3v) is 4.75. The van der Waals surface area contributed by atoms with Gasteiger partial charge in [-0.25, -0.2) is 4.98 Å². The van der Waals surface area contributed by atoms with Crippen LogP contribution in [-0.2, 0) is 0 Å². The van der Waals surface area contributed by atoms with Gasteiger partial charge in [0.05, 0.1) is 16.3 Å². The summed E-state index contributed by atoms with van der Waals surface area (Å²) >= 11 is 9.10. The third kappa shape index (κ3) is 3.50. The summed E-state index contributed by atoms with van der Waals surface area (Å²) in [6, 6.07) is 11.7. The number of benzene rings is 1. The normalized spacial score (nSPS) is 11.6. The Morgan fingerprint density at radius 1 is 1.19 bits per heavy atom. The van der Waals surface area contributed by atoms with Gasteiger partial charge >= 0.3 is 0 Å². The first-order chi connectivity index (χ1) is 10.2. The number of thiazole rings is 1. The zero-order chi connectivity index (χ0) is 14.7. The van der Waals surface area contributed by atoms with E-state index in [9.17, 15) is 0 Å². The van der Waals surface area contributed by atoms with Gasteiger partial charge in [0.2, 0.25) is 5.13 Å². The van der Waals surface area contributed by atoms with Crippen molar-refractivity contribution in [3.63, 3.8) is 0 Å². The molecule has 0 aliphatic carbocycles. The van der Waals surface area contributed by atoms with Gasteiger partial charge in [-0.2, -0.15) is 5.10 Å². The monoisotopic (exact) mass is 333 g/mol. The molecule has 0 aliphatic rings. The molecule has 2 heterocycles. The summed E-state index contributed by atoms with van der Waals surface area (Å²) in [5.74, 6) is 0. The summed E-state index contributed by atoms with van der Waals surface area (Å²) < 4.78 is 0. The van der Waals surface area contributed by atoms with Crippen LogP contribution in [0.3, 0.4) is 0 Å². The summed E-state index contributed by atoms with van der Waals surface area (Å²) in [5.41, 5.74) is 5.91. The number of thiophene rings is 1. The molecule has 0 saturated heterocycles. The van der Waals surface area contributed by atoms with E-state index >= 15 is 0 Å². The van der Waals surface area contributed by atoms with Crippen LogP contribution in [0.5, 0.6) is 0 Å². The summed E-state index contributed by atoms with van der Waals surface area (Å²) in [6.07, 6.45) is 0. The quantitative estimate of drug-likeness (QED) is 0.515. The molecule has 0 fully saturated rings. The molecule has 1 N–H and O–H groups in total. The number of rotatable bonds is 4. The number of aromatic nitrogens is 1. The van der Waals surface area contributed by atoms with Crippen molar-refractivity contribution in [2.75, 3.05) is 5.43 Å². The molecular weight excluding hydrogens is 322 g/mol. The van der Waals surface area contributed by atoms with Gasteiger partial charge < -0.3 is 0 Å². The first-order valence-corrected chi connectivity index (χ1v) is 8.42. The highest BCUT2D eigenvalue weighted by Gasteiger charge is 2.05. The average molecular weight is 334 g/mol. The Kier molecular flexibility index (Phi) is 4.34. The van der Waals surface area contributed by atoms with Gasteiger partial charge in [0.1, 0.15) is 0 Å². The Balaban J connectivity index is 1.72. The Hall–Kier alpha value is -1.69. The standard InChI is InChI=1S/C15H12ClN3S2/c1-10(11-4-6-12(16)7-5-11)18-19-15-17-13(9-21-15)14-3-2-8-20-14/h2-9H,1H3,(H,17,19)/b18-10-. The van der Waals surface area contributed by atoms with Gasteiger partial charge in [0.25, 0.3) is 0 Å². The second-order valence-electron chi connectivity index (χ2n) is 4.33. The van der Waals surface area contributed by atoms with Gasteiger partial charge in [-0.05, 0) is 36.1 Å². The third-order valence-electron chi connectivity index (χ3n) is 2.86. The minimum Gasteiger partial charge on any atom is -0.252 e. The van der Waals surface area contributed by atoms with Crippen molar-refractivity contribution in [1.82, 2.24) is 4.98 Å². The summed E-state index contributed by atoms with van der Waals surface area (Å²) in [4.78, 5) is 5.69. The number of nitrogens with zero attached hydrogens (tertiary/aromatic N) is 2. The zero-order valence-corrected chi connectivity index (χ0v) is 13.6. The van der Waals surface area contributed by atoms with Crippen molar-refractivity contribution in [1.29, 1.82) is 0 Å². The molecule has 0 amide bonds. The van der Waals surface area contributed by atoms with E-state index in [-0.39, 0.29) is 0 Å². The van der Waals surface area contributed by atoms with Crippen molar-refractivity contribution in [3.8, 4) is 10.6 Å². The van der Waals surface area contributed by atoms with E-state index in [1.165, 1.54) is 0 Å². The summed E-state index contributed by atoms with van der Waals surface area (Å²) in [7, 11) is 0. The van der Waals surface area contributed by atoms with E-state index in [0.29, 0.717) is 0 Å². The Labute approximate surface area is 135 Å². The van der Waals surface area contributed by atoms with E-state index in [4.69, 9.17) is 11.6 Å². The lowest BCUT2D eigenvalue weighted by Crippen LogP contribution is -1.99. The second kappa shape index (κ2) is 6.39. The van der Waals surface area contributed by atoms with Crippen LogP contribution in [0.1, 0.15) is 12.5 Å². The molecule has 1 aromatic carbocycles. The molecule has 3 aromatic rings. The summed E-state index contributed by atoms with van der Waals surface area (Å²) in [6.45, 7) is 1.95. The molecule has 6 heteroatoms. The van der Waals surface area contributed by atoms with Gasteiger partial charge in [-0.3, -0.25) is 5.43 Å². The van der Waals surface area contributed by atoms with Crippen LogP contribution >= 0.6 is 34.3 Å². The van der Waals surface area contributed by atoms with Crippen LogP contribution in [0.25, 0.3) is 10.6 Å². The van der Waals surface area contributed by atoms with Crippen LogP contribution in [-0.4, -0.2) is 10.7 Å². The predicted molar refractivity (Wildman–Crippen MR) is 92.7 cm³/mol. The lowest BCUT2D eigenvalue weighted by Gasteiger charge is -2.01. The lowest BCUT2D eigenvalue weighted by atomic mass is 10.1. The van der Waals surface area contributed by atoms with Crippen molar-refractivity contribution < 1.29 is 0 Å². The van der Waals surface area contributed by atoms with Crippen molar-refractivity contribution in [2.45, 2.75) is 6.92 Å². The number of hydrazone groups is 1. The van der Waals surface area contributed by atoms with E-state index in [1.807, 2.05) is 48.0 Å². The maximum atomic E-state index is 5.88. The van der Waals surface area contributed by atoms with E-state index in [1.54, 1.807) is 22.7 Å². The summed E-state index contributed by atoms with van der Waals surface area (Å²) in [5, 5.41) is 9.95. The van der Waals surface area contributed by atoms with E-state index in [0.717, 1.165) is 32.0 Å². The Morgan fingerprint density at radius 3 is 2.71 bits per heavy atom. The topological polar surface area (TPSA) is 37.3 Å². The number of hydrogen-bond acceptors (Lipinski definition) is 5. The van der Waals surface area contributed by atoms with E-state index < -0.39 is 0 Å². The first-order valence-electron chi connectivity index (χ1n) is 6.28. The molecule has 0 saturated carbocycles. The average Bonchev–Trinajstić information content (AvgIpc) is 3.16. The molecule has 3 rings (SSSR count). The maximum Gasteiger partial charge on any atom is 0.203 e. The minimum atomic E-state index is 0.722. The molecule has 2 aromatic heterocycles. The Morgan fingerprint density at radius 2 is 2.00 bits per heavy atom. The van der Waals surface area contributed by atoms with Crippen molar-refractivity contribution in [2.24, 2.45) is 5.10 Å². The smallest absolute Gasteiger partial charge is 0.203 e. The molecule has 0 atom stereocenters. The van der Waals surface area contributed by atoms with Crippen LogP contribution in [0.15, 0.2) is 52.3 Å².